The van der Waals surface area contributed by atoms with Gasteiger partial charge in [0.1, 0.15) is 12.4 Å². The van der Waals surface area contributed by atoms with Crippen LogP contribution in [0.5, 0.6) is 5.75 Å². The van der Waals surface area contributed by atoms with Crippen LogP contribution < -0.4 is 10.1 Å². The second kappa shape index (κ2) is 3.62. The van der Waals surface area contributed by atoms with Crippen molar-refractivity contribution >= 4 is 22.7 Å². The van der Waals surface area contributed by atoms with E-state index in [1.165, 1.54) is 0 Å². The maximum absolute atomic E-state index is 5.36. The highest BCUT2D eigenvalue weighted by atomic mass is 79.9. The molecule has 1 aliphatic heterocycles. The summed E-state index contributed by atoms with van der Waals surface area (Å²) in [4.78, 5) is 0. The molecule has 0 aliphatic carbocycles. The highest BCUT2D eigenvalue weighted by Gasteiger charge is 2.05. The van der Waals surface area contributed by atoms with E-state index >= 15 is 0 Å². The Labute approximate surface area is 76.3 Å². The van der Waals surface area contributed by atoms with Gasteiger partial charge in [-0.25, -0.2) is 0 Å². The molecule has 0 saturated carbocycles. The Morgan fingerprint density at radius 2 is 2.09 bits per heavy atom. The van der Waals surface area contributed by atoms with Crippen LogP contribution in [0.2, 0.25) is 0 Å². The molecule has 1 aromatic carbocycles. The fourth-order valence-electron chi connectivity index (χ4n) is 1.09. The molecule has 0 atom stereocenters. The summed E-state index contributed by atoms with van der Waals surface area (Å²) in [7, 11) is 0. The van der Waals surface area contributed by atoms with Crippen molar-refractivity contribution in [3.05, 3.63) is 24.3 Å². The van der Waals surface area contributed by atoms with Gasteiger partial charge in [-0.05, 0) is 12.1 Å². The Hall–Kier alpha value is -0.700. The molecule has 0 unspecified atom stereocenters. The van der Waals surface area contributed by atoms with Gasteiger partial charge in [-0.15, -0.1) is 17.0 Å². The van der Waals surface area contributed by atoms with Crippen LogP contribution in [-0.2, 0) is 0 Å². The molecule has 60 valence electrons. The van der Waals surface area contributed by atoms with Crippen molar-refractivity contribution in [3.8, 4) is 5.75 Å². The summed E-state index contributed by atoms with van der Waals surface area (Å²) < 4.78 is 5.36. The van der Waals surface area contributed by atoms with E-state index in [2.05, 4.69) is 5.32 Å². The van der Waals surface area contributed by atoms with Crippen molar-refractivity contribution in [1.29, 1.82) is 0 Å². The van der Waals surface area contributed by atoms with Gasteiger partial charge >= 0.3 is 0 Å². The van der Waals surface area contributed by atoms with Gasteiger partial charge in [0.15, 0.2) is 0 Å². The van der Waals surface area contributed by atoms with Gasteiger partial charge in [0, 0.05) is 6.54 Å². The third-order valence-electron chi connectivity index (χ3n) is 1.56. The predicted octanol–water partition coefficient (Wildman–Crippen LogP) is 2.07. The molecule has 0 radical (unpaired) electrons. The van der Waals surface area contributed by atoms with Gasteiger partial charge in [-0.2, -0.15) is 0 Å². The Kier molecular flexibility index (Phi) is 2.76. The molecule has 11 heavy (non-hydrogen) atoms. The van der Waals surface area contributed by atoms with Crippen LogP contribution in [0.15, 0.2) is 24.3 Å². The number of nitrogens with one attached hydrogen (secondary N) is 1. The fraction of sp³-hybridized carbons (Fsp3) is 0.250. The zero-order valence-corrected chi connectivity index (χ0v) is 7.75. The van der Waals surface area contributed by atoms with Crippen LogP contribution in [0.4, 0.5) is 5.69 Å². The third kappa shape index (κ3) is 1.66. The minimum atomic E-state index is 0. The van der Waals surface area contributed by atoms with Gasteiger partial charge < -0.3 is 10.1 Å². The standard InChI is InChI=1S/C8H9NO.BrH/c1-2-4-8-7(3-1)9-5-6-10-8;/h1-4,9H,5-6H2;1H. The number of halogens is 1. The summed E-state index contributed by atoms with van der Waals surface area (Å²) in [5.41, 5.74) is 1.11. The van der Waals surface area contributed by atoms with E-state index < -0.39 is 0 Å². The van der Waals surface area contributed by atoms with Crippen LogP contribution in [0.25, 0.3) is 0 Å². The zero-order valence-electron chi connectivity index (χ0n) is 6.04. The van der Waals surface area contributed by atoms with E-state index in [0.717, 1.165) is 24.6 Å². The number of ether oxygens (including phenoxy) is 1. The van der Waals surface area contributed by atoms with Crippen LogP contribution in [-0.4, -0.2) is 13.2 Å². The van der Waals surface area contributed by atoms with Crippen LogP contribution in [0, 0.1) is 0 Å². The summed E-state index contributed by atoms with van der Waals surface area (Å²) in [6, 6.07) is 7.97. The Bertz CT molecular complexity index is 214. The van der Waals surface area contributed by atoms with Crippen molar-refractivity contribution in [2.45, 2.75) is 0 Å². The Morgan fingerprint density at radius 1 is 1.27 bits per heavy atom. The molecule has 3 heteroatoms. The van der Waals surface area contributed by atoms with Crippen molar-refractivity contribution in [3.63, 3.8) is 0 Å². The number of benzene rings is 1. The molecule has 1 aliphatic rings. The molecule has 0 aromatic heterocycles. The molecule has 1 N–H and O–H groups in total. The molecule has 0 fully saturated rings. The fourth-order valence-corrected chi connectivity index (χ4v) is 1.09. The van der Waals surface area contributed by atoms with Gasteiger partial charge in [0.2, 0.25) is 0 Å². The number of para-hydroxylation sites is 2. The maximum Gasteiger partial charge on any atom is 0.142 e. The summed E-state index contributed by atoms with van der Waals surface area (Å²) in [5, 5.41) is 3.24. The maximum atomic E-state index is 5.36. The molecular weight excluding hydrogens is 206 g/mol. The molecule has 0 saturated heterocycles. The second-order valence-corrected chi connectivity index (χ2v) is 2.27. The Balaban J connectivity index is 0.000000605. The molecule has 2 nitrogen and oxygen atoms in total. The average molecular weight is 216 g/mol. The van der Waals surface area contributed by atoms with Crippen LogP contribution in [0.1, 0.15) is 0 Å². The minimum absolute atomic E-state index is 0. The molecule has 1 heterocycles. The van der Waals surface area contributed by atoms with Crippen molar-refractivity contribution in [2.24, 2.45) is 0 Å². The predicted molar refractivity (Wildman–Crippen MR) is 50.7 cm³/mol. The number of hydrogen-bond acceptors (Lipinski definition) is 2. The highest BCUT2D eigenvalue weighted by molar-refractivity contribution is 8.93. The number of rotatable bonds is 0. The van der Waals surface area contributed by atoms with Gasteiger partial charge in [0.25, 0.3) is 0 Å². The van der Waals surface area contributed by atoms with Crippen LogP contribution in [0.3, 0.4) is 0 Å². The lowest BCUT2D eigenvalue weighted by atomic mass is 10.3. The topological polar surface area (TPSA) is 21.3 Å². The first-order valence-corrected chi connectivity index (χ1v) is 3.42. The summed E-state index contributed by atoms with van der Waals surface area (Å²) in [5.74, 6) is 0.966. The van der Waals surface area contributed by atoms with Gasteiger partial charge in [-0.1, -0.05) is 12.1 Å². The van der Waals surface area contributed by atoms with E-state index in [1.54, 1.807) is 0 Å². The van der Waals surface area contributed by atoms with E-state index in [0.29, 0.717) is 0 Å². The van der Waals surface area contributed by atoms with E-state index in [-0.39, 0.29) is 17.0 Å². The van der Waals surface area contributed by atoms with Crippen molar-refractivity contribution in [1.82, 2.24) is 0 Å². The normalized spacial score (nSPS) is 13.5. The van der Waals surface area contributed by atoms with Crippen molar-refractivity contribution in [2.75, 3.05) is 18.5 Å². The van der Waals surface area contributed by atoms with Gasteiger partial charge in [0.05, 0.1) is 5.69 Å². The lowest BCUT2D eigenvalue weighted by Crippen LogP contribution is -2.17. The average Bonchev–Trinajstić information content (AvgIpc) is 2.05. The van der Waals surface area contributed by atoms with Crippen molar-refractivity contribution < 1.29 is 4.74 Å². The first kappa shape index (κ1) is 8.40. The molecule has 2 rings (SSSR count). The quantitative estimate of drug-likeness (QED) is 0.716. The lowest BCUT2D eigenvalue weighted by Gasteiger charge is -2.17. The summed E-state index contributed by atoms with van der Waals surface area (Å²) >= 11 is 0. The van der Waals surface area contributed by atoms with E-state index in [1.807, 2.05) is 24.3 Å². The molecule has 0 bridgehead atoms. The molecule has 0 spiro atoms. The molecule has 1 aromatic rings. The molecular formula is C8H10BrNO. The highest BCUT2D eigenvalue weighted by Crippen LogP contribution is 2.25. The lowest BCUT2D eigenvalue weighted by molar-refractivity contribution is 0.323. The summed E-state index contributed by atoms with van der Waals surface area (Å²) in [6.07, 6.45) is 0. The number of fused-ring (bicyclic) bond motifs is 1. The summed E-state index contributed by atoms with van der Waals surface area (Å²) in [6.45, 7) is 1.69. The number of hydrogen-bond donors (Lipinski definition) is 1. The number of anilines is 1. The SMILES string of the molecule is Br.c1ccc2c(c1)NCCO2. The first-order valence-electron chi connectivity index (χ1n) is 3.42. The van der Waals surface area contributed by atoms with Crippen LogP contribution >= 0.6 is 17.0 Å². The van der Waals surface area contributed by atoms with E-state index in [4.69, 9.17) is 4.74 Å². The first-order chi connectivity index (χ1) is 4.97. The Morgan fingerprint density at radius 3 is 2.91 bits per heavy atom. The minimum Gasteiger partial charge on any atom is -0.490 e. The zero-order chi connectivity index (χ0) is 6.81. The van der Waals surface area contributed by atoms with Gasteiger partial charge in [-0.3, -0.25) is 0 Å². The monoisotopic (exact) mass is 215 g/mol. The second-order valence-electron chi connectivity index (χ2n) is 2.27. The smallest absolute Gasteiger partial charge is 0.142 e. The third-order valence-corrected chi connectivity index (χ3v) is 1.56. The molecule has 0 amide bonds. The largest absolute Gasteiger partial charge is 0.490 e. The van der Waals surface area contributed by atoms with E-state index in [9.17, 15) is 0 Å².